The normalized spacial score (nSPS) is 16.0. The van der Waals surface area contributed by atoms with Crippen molar-refractivity contribution in [2.24, 2.45) is 11.0 Å². The summed E-state index contributed by atoms with van der Waals surface area (Å²) in [6.07, 6.45) is 9.58. The van der Waals surface area contributed by atoms with Crippen LogP contribution in [-0.4, -0.2) is 37.9 Å². The monoisotopic (exact) mass is 348 g/mol. The number of carboxylic acids is 1. The fourth-order valence-electron chi connectivity index (χ4n) is 2.81. The maximum Gasteiger partial charge on any atom is 0.313 e. The highest BCUT2D eigenvalue weighted by atomic mass is 32.2. The minimum absolute atomic E-state index is 0.0819. The van der Waals surface area contributed by atoms with Crippen LogP contribution in [0.4, 0.5) is 0 Å². The average Bonchev–Trinajstić information content (AvgIpc) is 3.17. The number of aliphatic carboxylic acids is 1. The van der Waals surface area contributed by atoms with Crippen molar-refractivity contribution in [3.8, 4) is 11.4 Å². The van der Waals surface area contributed by atoms with Gasteiger partial charge in [-0.05, 0) is 31.7 Å². The van der Waals surface area contributed by atoms with Gasteiger partial charge in [0.05, 0.1) is 17.6 Å². The van der Waals surface area contributed by atoms with E-state index in [0.717, 1.165) is 35.9 Å². The zero-order valence-electron chi connectivity index (χ0n) is 13.5. The molecule has 0 saturated heterocycles. The van der Waals surface area contributed by atoms with Gasteiger partial charge in [-0.2, -0.15) is 9.78 Å². The van der Waals surface area contributed by atoms with Crippen LogP contribution >= 0.6 is 11.8 Å². The molecule has 1 aliphatic carbocycles. The van der Waals surface area contributed by atoms with Gasteiger partial charge >= 0.3 is 5.97 Å². The Labute approximate surface area is 144 Å². The number of hydrogen-bond acceptors (Lipinski definition) is 6. The molecule has 2 heterocycles. The maximum atomic E-state index is 10.8. The Kier molecular flexibility index (Phi) is 5.34. The zero-order chi connectivity index (χ0) is 16.9. The average molecular weight is 348 g/mol. The molecule has 0 radical (unpaired) electrons. The van der Waals surface area contributed by atoms with Crippen LogP contribution in [0, 0.1) is 12.8 Å². The Bertz CT molecular complexity index is 732. The first kappa shape index (κ1) is 16.8. The van der Waals surface area contributed by atoms with Crippen LogP contribution in [0.2, 0.25) is 0 Å². The molecule has 1 aliphatic rings. The number of carbonyl (C=O) groups is 1. The lowest BCUT2D eigenvalue weighted by Crippen LogP contribution is -2.09. The van der Waals surface area contributed by atoms with Gasteiger partial charge in [-0.1, -0.05) is 31.0 Å². The number of rotatable bonds is 6. The van der Waals surface area contributed by atoms with Crippen LogP contribution in [-0.2, 0) is 4.79 Å². The molecule has 0 atom stereocenters. The Hall–Kier alpha value is -2.09. The van der Waals surface area contributed by atoms with Crippen molar-refractivity contribution in [2.75, 3.05) is 5.75 Å². The SMILES string of the molecule is Cc1occc1-c1nnc(SCC(=O)O)n1/N=C/C1CCCCC1. The number of thioether (sulfide) groups is 1. The molecule has 2 aromatic rings. The van der Waals surface area contributed by atoms with Gasteiger partial charge in [0.2, 0.25) is 5.16 Å². The molecule has 7 nitrogen and oxygen atoms in total. The second-order valence-electron chi connectivity index (χ2n) is 5.85. The van der Waals surface area contributed by atoms with Crippen LogP contribution < -0.4 is 0 Å². The first-order valence-corrected chi connectivity index (χ1v) is 9.02. The van der Waals surface area contributed by atoms with Crippen LogP contribution in [0.1, 0.15) is 37.9 Å². The fourth-order valence-corrected chi connectivity index (χ4v) is 3.42. The third kappa shape index (κ3) is 3.87. The molecule has 0 unspecified atom stereocenters. The van der Waals surface area contributed by atoms with Crippen LogP contribution in [0.3, 0.4) is 0 Å². The predicted octanol–water partition coefficient (Wildman–Crippen LogP) is 3.44. The van der Waals surface area contributed by atoms with E-state index in [1.807, 2.05) is 19.2 Å². The molecule has 3 rings (SSSR count). The van der Waals surface area contributed by atoms with Crippen molar-refractivity contribution in [1.82, 2.24) is 14.9 Å². The Morgan fingerprint density at radius 3 is 2.92 bits per heavy atom. The lowest BCUT2D eigenvalue weighted by molar-refractivity contribution is -0.133. The van der Waals surface area contributed by atoms with E-state index in [9.17, 15) is 4.79 Å². The number of nitrogens with zero attached hydrogens (tertiary/aromatic N) is 4. The summed E-state index contributed by atoms with van der Waals surface area (Å²) in [5.74, 6) is 0.776. The van der Waals surface area contributed by atoms with Crippen LogP contribution in [0.25, 0.3) is 11.4 Å². The van der Waals surface area contributed by atoms with Crippen LogP contribution in [0.5, 0.6) is 0 Å². The van der Waals surface area contributed by atoms with Crippen molar-refractivity contribution in [2.45, 2.75) is 44.2 Å². The van der Waals surface area contributed by atoms with Gasteiger partial charge in [0, 0.05) is 6.21 Å². The number of aryl methyl sites for hydroxylation is 1. The van der Waals surface area contributed by atoms with Gasteiger partial charge < -0.3 is 9.52 Å². The van der Waals surface area contributed by atoms with E-state index in [1.54, 1.807) is 10.9 Å². The summed E-state index contributed by atoms with van der Waals surface area (Å²) in [7, 11) is 0. The van der Waals surface area contributed by atoms with Crippen LogP contribution in [0.15, 0.2) is 27.0 Å². The Morgan fingerprint density at radius 1 is 1.46 bits per heavy atom. The molecule has 0 amide bonds. The molecule has 0 bridgehead atoms. The molecule has 8 heteroatoms. The van der Waals surface area contributed by atoms with E-state index < -0.39 is 5.97 Å². The summed E-state index contributed by atoms with van der Waals surface area (Å²) in [4.78, 5) is 10.8. The first-order chi connectivity index (χ1) is 11.6. The molecule has 24 heavy (non-hydrogen) atoms. The highest BCUT2D eigenvalue weighted by Crippen LogP contribution is 2.27. The highest BCUT2D eigenvalue weighted by Gasteiger charge is 2.19. The largest absolute Gasteiger partial charge is 0.481 e. The Balaban J connectivity index is 1.89. The van der Waals surface area contributed by atoms with E-state index in [0.29, 0.717) is 16.9 Å². The Morgan fingerprint density at radius 2 is 2.25 bits per heavy atom. The van der Waals surface area contributed by atoms with Gasteiger partial charge in [-0.25, -0.2) is 0 Å². The van der Waals surface area contributed by atoms with Crippen molar-refractivity contribution >= 4 is 23.9 Å². The lowest BCUT2D eigenvalue weighted by Gasteiger charge is -2.17. The maximum absolute atomic E-state index is 10.8. The summed E-state index contributed by atoms with van der Waals surface area (Å²) in [5.41, 5.74) is 0.811. The topological polar surface area (TPSA) is 93.5 Å². The summed E-state index contributed by atoms with van der Waals surface area (Å²) in [5, 5.41) is 22.2. The summed E-state index contributed by atoms with van der Waals surface area (Å²) >= 11 is 1.11. The predicted molar refractivity (Wildman–Crippen MR) is 91.3 cm³/mol. The molecule has 2 aromatic heterocycles. The molecule has 128 valence electrons. The second kappa shape index (κ2) is 7.65. The van der Waals surface area contributed by atoms with Gasteiger partial charge in [-0.15, -0.1) is 10.2 Å². The van der Waals surface area contributed by atoms with E-state index in [-0.39, 0.29) is 5.75 Å². The van der Waals surface area contributed by atoms with E-state index in [2.05, 4.69) is 15.3 Å². The minimum atomic E-state index is -0.896. The van der Waals surface area contributed by atoms with Crippen molar-refractivity contribution in [1.29, 1.82) is 0 Å². The van der Waals surface area contributed by atoms with Crippen molar-refractivity contribution in [3.63, 3.8) is 0 Å². The molecule has 0 aliphatic heterocycles. The molecular formula is C16H20N4O3S. The van der Waals surface area contributed by atoms with Gasteiger partial charge in [0.1, 0.15) is 5.76 Å². The summed E-state index contributed by atoms with van der Waals surface area (Å²) in [6, 6.07) is 1.82. The highest BCUT2D eigenvalue weighted by molar-refractivity contribution is 7.99. The number of hydrogen-bond donors (Lipinski definition) is 1. The van der Waals surface area contributed by atoms with Gasteiger partial charge in [-0.3, -0.25) is 4.79 Å². The van der Waals surface area contributed by atoms with Crippen molar-refractivity contribution in [3.05, 3.63) is 18.1 Å². The zero-order valence-corrected chi connectivity index (χ0v) is 14.3. The van der Waals surface area contributed by atoms with E-state index >= 15 is 0 Å². The first-order valence-electron chi connectivity index (χ1n) is 8.04. The number of carboxylic acid groups (broad SMARTS) is 1. The number of furan rings is 1. The molecule has 1 N–H and O–H groups in total. The second-order valence-corrected chi connectivity index (χ2v) is 6.80. The third-order valence-corrected chi connectivity index (χ3v) is 4.98. The minimum Gasteiger partial charge on any atom is -0.481 e. The quantitative estimate of drug-likeness (QED) is 0.635. The molecule has 0 aromatic carbocycles. The molecular weight excluding hydrogens is 328 g/mol. The summed E-state index contributed by atoms with van der Waals surface area (Å²) < 4.78 is 6.97. The smallest absolute Gasteiger partial charge is 0.313 e. The summed E-state index contributed by atoms with van der Waals surface area (Å²) in [6.45, 7) is 1.85. The fraction of sp³-hybridized carbons (Fsp3) is 0.500. The van der Waals surface area contributed by atoms with Gasteiger partial charge in [0.15, 0.2) is 5.82 Å². The molecule has 0 spiro atoms. The number of aromatic nitrogens is 3. The van der Waals surface area contributed by atoms with Crippen molar-refractivity contribution < 1.29 is 14.3 Å². The van der Waals surface area contributed by atoms with Gasteiger partial charge in [0.25, 0.3) is 0 Å². The third-order valence-electron chi connectivity index (χ3n) is 4.08. The van der Waals surface area contributed by atoms with E-state index in [1.165, 1.54) is 19.3 Å². The van der Waals surface area contributed by atoms with E-state index in [4.69, 9.17) is 9.52 Å². The molecule has 1 fully saturated rings. The lowest BCUT2D eigenvalue weighted by atomic mass is 9.90. The molecule has 1 saturated carbocycles. The standard InChI is InChI=1S/C16H20N4O3S/c1-11-13(7-8-23-11)15-18-19-16(24-10-14(21)22)20(15)17-9-12-5-3-2-4-6-12/h7-9,12H,2-6,10H2,1H3,(H,21,22)/b17-9+.